The molecule has 0 bridgehead atoms. The van der Waals surface area contributed by atoms with Crippen molar-refractivity contribution in [2.75, 3.05) is 14.1 Å². The molecule has 0 heterocycles. The normalized spacial score (nSPS) is 16.6. The van der Waals surface area contributed by atoms with Gasteiger partial charge in [0, 0.05) is 45.5 Å². The Morgan fingerprint density at radius 3 is 0.533 bits per heavy atom. The first-order valence-electron chi connectivity index (χ1n) is 12.2. The van der Waals surface area contributed by atoms with Crippen LogP contribution in [0.25, 0.3) is 0 Å². The molecule has 0 aromatic carbocycles. The zero-order valence-corrected chi connectivity index (χ0v) is 33.0. The van der Waals surface area contributed by atoms with E-state index in [1.54, 1.807) is 0 Å². The van der Waals surface area contributed by atoms with Crippen molar-refractivity contribution in [3.8, 4) is 0 Å². The largest absolute Gasteiger partial charge is 0.313 e. The van der Waals surface area contributed by atoms with E-state index in [9.17, 15) is 0 Å². The van der Waals surface area contributed by atoms with E-state index < -0.39 is 58.8 Å². The van der Waals surface area contributed by atoms with E-state index in [0.717, 1.165) is 5.29 Å². The fourth-order valence-corrected chi connectivity index (χ4v) is 261. The summed E-state index contributed by atoms with van der Waals surface area (Å²) in [7, 11) is -3.05. The maximum absolute atomic E-state index is 2.95. The van der Waals surface area contributed by atoms with Gasteiger partial charge in [-0.05, 0) is 19.4 Å². The molecule has 0 amide bonds. The SMILES string of the molecule is CN(C)C([Si]([Si](C)(C)C)([Si](C)(C)C)[Si](C)(C)C)[Si]([Si](C)(C)C)([Si](C)(C)C)[Si](C)(C)C. The molecule has 0 N–H and O–H groups in total. The summed E-state index contributed by atoms with van der Waals surface area (Å²) in [6.07, 6.45) is 0. The average molecular weight is 552 g/mol. The molecule has 9 heteroatoms. The topological polar surface area (TPSA) is 3.24 Å². The molecule has 0 aliphatic rings. The maximum Gasteiger partial charge on any atom is 0.0526 e. The fraction of sp³-hybridized carbons (Fsp3) is 1.00. The lowest BCUT2D eigenvalue weighted by molar-refractivity contribution is 0.438. The van der Waals surface area contributed by atoms with Crippen molar-refractivity contribution in [1.29, 1.82) is 0 Å². The minimum Gasteiger partial charge on any atom is -0.313 e. The molecule has 182 valence electrons. The zero-order valence-electron chi connectivity index (χ0n) is 25.0. The molecular formula is C21H61NSi8. The summed E-state index contributed by atoms with van der Waals surface area (Å²) in [4.78, 5) is 2.95. The molecule has 0 aromatic heterocycles. The van der Waals surface area contributed by atoms with E-state index in [-0.39, 0.29) is 0 Å². The Hall–Kier alpha value is 1.70. The fourth-order valence-electron chi connectivity index (χ4n) is 10.3. The molecule has 0 aliphatic heterocycles. The van der Waals surface area contributed by atoms with Gasteiger partial charge < -0.3 is 4.90 Å². The van der Waals surface area contributed by atoms with Crippen molar-refractivity contribution in [1.82, 2.24) is 4.90 Å². The Labute approximate surface area is 200 Å². The predicted octanol–water partition coefficient (Wildman–Crippen LogP) is 7.39. The van der Waals surface area contributed by atoms with Crippen molar-refractivity contribution in [2.24, 2.45) is 0 Å². The molecule has 0 rings (SSSR count). The highest BCUT2D eigenvalue weighted by molar-refractivity contribution is 7.98. The second kappa shape index (κ2) is 8.73. The summed E-state index contributed by atoms with van der Waals surface area (Å²) >= 11 is 0. The van der Waals surface area contributed by atoms with Gasteiger partial charge in [0.05, 0.1) is 13.3 Å². The van der Waals surface area contributed by atoms with Crippen LogP contribution < -0.4 is 0 Å². The van der Waals surface area contributed by atoms with E-state index in [1.165, 1.54) is 0 Å². The van der Waals surface area contributed by atoms with Crippen LogP contribution in [0.4, 0.5) is 0 Å². The molecule has 0 unspecified atom stereocenters. The van der Waals surface area contributed by atoms with Crippen molar-refractivity contribution < 1.29 is 0 Å². The van der Waals surface area contributed by atoms with Gasteiger partial charge >= 0.3 is 0 Å². The lowest BCUT2D eigenvalue weighted by atomic mass is 11.0. The molecule has 0 radical (unpaired) electrons. The Morgan fingerprint density at radius 1 is 0.333 bits per heavy atom. The standard InChI is InChI=1S/C21H61NSi8/c1-22(2)21(29(23(3,4)5,24(6,7)8)25(9,10)11)30(26(12,13)14,27(15,16)17)28(18,19)20/h21H,1-20H3. The molecule has 0 fully saturated rings. The van der Waals surface area contributed by atoms with Crippen LogP contribution in [-0.4, -0.2) is 83.1 Å². The molecule has 0 aliphatic carbocycles. The summed E-state index contributed by atoms with van der Waals surface area (Å²) in [6.45, 7) is 48.0. The number of hydrogen-bond donors (Lipinski definition) is 0. The van der Waals surface area contributed by atoms with Crippen molar-refractivity contribution in [3.05, 3.63) is 0 Å². The highest BCUT2D eigenvalue weighted by atomic mass is 30.0. The van der Waals surface area contributed by atoms with Crippen LogP contribution in [0.5, 0.6) is 0 Å². The summed E-state index contributed by atoms with van der Waals surface area (Å²) in [6, 6.07) is 0. The summed E-state index contributed by atoms with van der Waals surface area (Å²) in [5.41, 5.74) is 0. The number of hydrogen-bond acceptors (Lipinski definition) is 1. The molecule has 0 saturated carbocycles. The van der Waals surface area contributed by atoms with Gasteiger partial charge in [-0.3, -0.25) is 0 Å². The minimum absolute atomic E-state index is 1.01. The van der Waals surface area contributed by atoms with Crippen LogP contribution in [0.1, 0.15) is 0 Å². The van der Waals surface area contributed by atoms with Gasteiger partial charge in [0.1, 0.15) is 0 Å². The third-order valence-electron chi connectivity index (χ3n) is 8.43. The lowest BCUT2D eigenvalue weighted by Crippen LogP contribution is -3.01. The van der Waals surface area contributed by atoms with E-state index in [1.807, 2.05) is 0 Å². The third kappa shape index (κ3) is 4.76. The molecule has 1 nitrogen and oxygen atoms in total. The first-order chi connectivity index (χ1) is 12.6. The van der Waals surface area contributed by atoms with Gasteiger partial charge in [-0.1, -0.05) is 118 Å². The van der Waals surface area contributed by atoms with Crippen molar-refractivity contribution in [3.63, 3.8) is 0 Å². The summed E-state index contributed by atoms with van der Waals surface area (Å²) < 4.78 is 0. The van der Waals surface area contributed by atoms with Crippen LogP contribution >= 0.6 is 0 Å². The second-order valence-electron chi connectivity index (χ2n) is 16.5. The average Bonchev–Trinajstić information content (AvgIpc) is 2.26. The Morgan fingerprint density at radius 2 is 0.467 bits per heavy atom. The van der Waals surface area contributed by atoms with E-state index >= 15 is 0 Å². The van der Waals surface area contributed by atoms with Gasteiger partial charge in [-0.2, -0.15) is 0 Å². The Bertz CT molecular complexity index is 467. The smallest absolute Gasteiger partial charge is 0.0526 e. The molecule has 0 saturated heterocycles. The highest BCUT2D eigenvalue weighted by Crippen LogP contribution is 2.50. The van der Waals surface area contributed by atoms with E-state index in [0.29, 0.717) is 0 Å². The van der Waals surface area contributed by atoms with Crippen molar-refractivity contribution >= 4 is 58.8 Å². The second-order valence-corrected chi connectivity index (χ2v) is 98.6. The zero-order chi connectivity index (χ0) is 25.2. The van der Waals surface area contributed by atoms with Gasteiger partial charge in [-0.25, -0.2) is 0 Å². The Kier molecular flexibility index (Phi) is 9.22. The van der Waals surface area contributed by atoms with Gasteiger partial charge in [0.25, 0.3) is 0 Å². The third-order valence-corrected chi connectivity index (χ3v) is 162. The summed E-state index contributed by atoms with van der Waals surface area (Å²) in [5, 5.41) is 1.01. The minimum atomic E-state index is -1.55. The number of rotatable bonds is 9. The first kappa shape index (κ1) is 31.7. The monoisotopic (exact) mass is 551 g/mol. The van der Waals surface area contributed by atoms with E-state index in [4.69, 9.17) is 0 Å². The van der Waals surface area contributed by atoms with Gasteiger partial charge in [-0.15, -0.1) is 0 Å². The summed E-state index contributed by atoms with van der Waals surface area (Å²) in [5.74, 6) is 0. The lowest BCUT2D eigenvalue weighted by Gasteiger charge is -2.73. The maximum atomic E-state index is 2.95. The molecule has 30 heavy (non-hydrogen) atoms. The van der Waals surface area contributed by atoms with Gasteiger partial charge in [0.2, 0.25) is 0 Å². The van der Waals surface area contributed by atoms with Crippen molar-refractivity contribution in [2.45, 2.75) is 123 Å². The molecule has 0 spiro atoms. The van der Waals surface area contributed by atoms with Gasteiger partial charge in [0.15, 0.2) is 0 Å². The molecule has 0 atom stereocenters. The highest BCUT2D eigenvalue weighted by Gasteiger charge is 2.76. The van der Waals surface area contributed by atoms with E-state index in [2.05, 4.69) is 137 Å². The van der Waals surface area contributed by atoms with Crippen LogP contribution in [0.2, 0.25) is 118 Å². The quantitative estimate of drug-likeness (QED) is 0.270. The molecule has 0 aromatic rings. The van der Waals surface area contributed by atoms with Crippen LogP contribution in [0, 0.1) is 0 Å². The molecular weight excluding hydrogens is 491 g/mol. The Balaban J connectivity index is 8.29. The van der Waals surface area contributed by atoms with Crippen LogP contribution in [-0.2, 0) is 0 Å². The van der Waals surface area contributed by atoms with Crippen LogP contribution in [0.3, 0.4) is 0 Å². The van der Waals surface area contributed by atoms with Crippen LogP contribution in [0.15, 0.2) is 0 Å². The first-order valence-corrected chi connectivity index (χ1v) is 43.4. The number of nitrogens with zero attached hydrogens (tertiary/aromatic N) is 1. The predicted molar refractivity (Wildman–Crippen MR) is 169 cm³/mol.